The molecule has 0 spiro atoms. The van der Waals surface area contributed by atoms with Crippen LogP contribution in [-0.2, 0) is 11.2 Å². The Balaban J connectivity index is 1.77. The maximum atomic E-state index is 12.6. The van der Waals surface area contributed by atoms with Crippen molar-refractivity contribution in [2.24, 2.45) is 0 Å². The van der Waals surface area contributed by atoms with E-state index < -0.39 is 22.8 Å². The lowest BCUT2D eigenvalue weighted by Gasteiger charge is -2.16. The summed E-state index contributed by atoms with van der Waals surface area (Å²) < 4.78 is 5.18. The Bertz CT molecular complexity index is 1100. The van der Waals surface area contributed by atoms with Gasteiger partial charge < -0.3 is 15.2 Å². The van der Waals surface area contributed by atoms with Gasteiger partial charge in [-0.25, -0.2) is 4.79 Å². The summed E-state index contributed by atoms with van der Waals surface area (Å²) in [6, 6.07) is 19.0. The monoisotopic (exact) mass is 420 g/mol. The van der Waals surface area contributed by atoms with Crippen LogP contribution in [0.4, 0.5) is 5.69 Å². The van der Waals surface area contributed by atoms with Gasteiger partial charge in [0.25, 0.3) is 11.6 Å². The lowest BCUT2D eigenvalue weighted by Crippen LogP contribution is -2.42. The third-order valence-corrected chi connectivity index (χ3v) is 4.76. The first-order chi connectivity index (χ1) is 14.9. The second kappa shape index (κ2) is 9.53. The molecular formula is C23H20N2O6. The molecule has 0 saturated carbocycles. The second-order valence-corrected chi connectivity index (χ2v) is 6.77. The highest BCUT2D eigenvalue weighted by Crippen LogP contribution is 2.25. The molecule has 158 valence electrons. The van der Waals surface area contributed by atoms with Gasteiger partial charge in [-0.15, -0.1) is 0 Å². The van der Waals surface area contributed by atoms with E-state index in [2.05, 4.69) is 5.32 Å². The number of carboxylic acid groups (broad SMARTS) is 1. The van der Waals surface area contributed by atoms with Gasteiger partial charge in [0.2, 0.25) is 0 Å². The predicted molar refractivity (Wildman–Crippen MR) is 114 cm³/mol. The van der Waals surface area contributed by atoms with Crippen LogP contribution in [0.3, 0.4) is 0 Å². The molecule has 3 aromatic carbocycles. The first-order valence-electron chi connectivity index (χ1n) is 9.39. The zero-order chi connectivity index (χ0) is 22.4. The normalized spacial score (nSPS) is 11.4. The number of carboxylic acids is 1. The molecule has 8 nitrogen and oxygen atoms in total. The van der Waals surface area contributed by atoms with Crippen LogP contribution in [0.2, 0.25) is 0 Å². The van der Waals surface area contributed by atoms with Crippen molar-refractivity contribution in [3.05, 3.63) is 94.0 Å². The summed E-state index contributed by atoms with van der Waals surface area (Å²) >= 11 is 0. The summed E-state index contributed by atoms with van der Waals surface area (Å²) in [5.74, 6) is -1.52. The van der Waals surface area contributed by atoms with Crippen LogP contribution in [0.25, 0.3) is 11.1 Å². The number of non-ortho nitro benzene ring substituents is 1. The van der Waals surface area contributed by atoms with E-state index in [1.54, 1.807) is 24.3 Å². The molecule has 0 aliphatic heterocycles. The maximum Gasteiger partial charge on any atom is 0.326 e. The first kappa shape index (κ1) is 21.5. The summed E-state index contributed by atoms with van der Waals surface area (Å²) in [7, 11) is 1.38. The first-order valence-corrected chi connectivity index (χ1v) is 9.39. The fraction of sp³-hybridized carbons (Fsp3) is 0.130. The molecular weight excluding hydrogens is 400 g/mol. The highest BCUT2D eigenvalue weighted by atomic mass is 16.6. The fourth-order valence-corrected chi connectivity index (χ4v) is 3.14. The summed E-state index contributed by atoms with van der Waals surface area (Å²) in [4.78, 5) is 34.8. The summed E-state index contributed by atoms with van der Waals surface area (Å²) in [5.41, 5.74) is 2.34. The van der Waals surface area contributed by atoms with E-state index >= 15 is 0 Å². The Kier molecular flexibility index (Phi) is 6.61. The molecule has 3 rings (SSSR count). The number of rotatable bonds is 8. The molecule has 3 aromatic rings. The minimum absolute atomic E-state index is 0.173. The molecule has 1 atom stereocenters. The molecule has 8 heteroatoms. The molecule has 0 heterocycles. The Morgan fingerprint density at radius 1 is 1.03 bits per heavy atom. The number of nitro benzene ring substituents is 1. The zero-order valence-electron chi connectivity index (χ0n) is 16.6. The lowest BCUT2D eigenvalue weighted by molar-refractivity contribution is -0.384. The lowest BCUT2D eigenvalue weighted by atomic mass is 10.0. The van der Waals surface area contributed by atoms with Crippen molar-refractivity contribution >= 4 is 17.6 Å². The summed E-state index contributed by atoms with van der Waals surface area (Å²) in [5, 5.41) is 23.1. The Morgan fingerprint density at radius 2 is 1.68 bits per heavy atom. The summed E-state index contributed by atoms with van der Waals surface area (Å²) in [6.45, 7) is 0. The third-order valence-electron chi connectivity index (χ3n) is 4.76. The van der Waals surface area contributed by atoms with Crippen molar-refractivity contribution in [3.8, 4) is 16.9 Å². The molecule has 0 aliphatic rings. The van der Waals surface area contributed by atoms with Gasteiger partial charge in [0.15, 0.2) is 0 Å². The van der Waals surface area contributed by atoms with Gasteiger partial charge >= 0.3 is 5.97 Å². The van der Waals surface area contributed by atoms with Crippen molar-refractivity contribution < 1.29 is 24.4 Å². The number of carbonyl (C=O) groups excluding carboxylic acids is 1. The number of hydrogen-bond acceptors (Lipinski definition) is 5. The quantitative estimate of drug-likeness (QED) is 0.424. The number of nitro groups is 1. The predicted octanol–water partition coefficient (Wildman–Crippen LogP) is 3.70. The van der Waals surface area contributed by atoms with Crippen LogP contribution >= 0.6 is 0 Å². The van der Waals surface area contributed by atoms with Crippen molar-refractivity contribution in [2.75, 3.05) is 7.11 Å². The van der Waals surface area contributed by atoms with Gasteiger partial charge in [0, 0.05) is 29.7 Å². The molecule has 0 unspecified atom stereocenters. The van der Waals surface area contributed by atoms with Gasteiger partial charge in [-0.2, -0.15) is 0 Å². The maximum absolute atomic E-state index is 12.6. The molecule has 0 saturated heterocycles. The standard InChI is InChI=1S/C23H20N2O6/c1-31-21-12-11-19(25(29)30)13-18(21)14-20(23(27)28)24-22(26)17-9-7-16(8-10-17)15-5-3-2-4-6-15/h2-13,20H,14H2,1H3,(H,24,26)(H,27,28)/t20-/m1/s1. The fourth-order valence-electron chi connectivity index (χ4n) is 3.14. The van der Waals surface area contributed by atoms with E-state index in [1.165, 1.54) is 25.3 Å². The number of carbonyl (C=O) groups is 2. The number of aliphatic carboxylic acids is 1. The van der Waals surface area contributed by atoms with Crippen molar-refractivity contribution in [1.29, 1.82) is 0 Å². The zero-order valence-corrected chi connectivity index (χ0v) is 16.6. The van der Waals surface area contributed by atoms with Gasteiger partial charge in [-0.05, 0) is 29.3 Å². The smallest absolute Gasteiger partial charge is 0.326 e. The topological polar surface area (TPSA) is 119 Å². The molecule has 31 heavy (non-hydrogen) atoms. The molecule has 1 amide bonds. The van der Waals surface area contributed by atoms with Crippen molar-refractivity contribution in [2.45, 2.75) is 12.5 Å². The van der Waals surface area contributed by atoms with Crippen molar-refractivity contribution in [3.63, 3.8) is 0 Å². The molecule has 0 aromatic heterocycles. The minimum Gasteiger partial charge on any atom is -0.496 e. The van der Waals surface area contributed by atoms with E-state index in [9.17, 15) is 24.8 Å². The van der Waals surface area contributed by atoms with Crippen LogP contribution in [0.15, 0.2) is 72.8 Å². The van der Waals surface area contributed by atoms with E-state index in [0.717, 1.165) is 11.1 Å². The van der Waals surface area contributed by atoms with Gasteiger partial charge in [0.05, 0.1) is 12.0 Å². The van der Waals surface area contributed by atoms with Crippen LogP contribution in [0, 0.1) is 10.1 Å². The number of ether oxygens (including phenoxy) is 1. The number of benzene rings is 3. The molecule has 0 aliphatic carbocycles. The Morgan fingerprint density at radius 3 is 2.26 bits per heavy atom. The average Bonchev–Trinajstić information content (AvgIpc) is 2.79. The van der Waals surface area contributed by atoms with E-state index in [4.69, 9.17) is 4.74 Å². The van der Waals surface area contributed by atoms with E-state index in [1.807, 2.05) is 30.3 Å². The molecule has 0 radical (unpaired) electrons. The number of nitrogens with zero attached hydrogens (tertiary/aromatic N) is 1. The molecule has 0 bridgehead atoms. The van der Waals surface area contributed by atoms with Crippen LogP contribution < -0.4 is 10.1 Å². The number of hydrogen-bond donors (Lipinski definition) is 2. The SMILES string of the molecule is COc1ccc([N+](=O)[O-])cc1C[C@@H](NC(=O)c1ccc(-c2ccccc2)cc1)C(=O)O. The Hall–Kier alpha value is -4.20. The van der Waals surface area contributed by atoms with Gasteiger partial charge in [-0.1, -0.05) is 42.5 Å². The highest BCUT2D eigenvalue weighted by Gasteiger charge is 2.24. The van der Waals surface area contributed by atoms with Gasteiger partial charge in [-0.3, -0.25) is 14.9 Å². The summed E-state index contributed by atoms with van der Waals surface area (Å²) in [6.07, 6.45) is -0.173. The van der Waals surface area contributed by atoms with Gasteiger partial charge in [0.1, 0.15) is 11.8 Å². The van der Waals surface area contributed by atoms with Crippen molar-refractivity contribution in [1.82, 2.24) is 5.32 Å². The minimum atomic E-state index is -1.29. The van der Waals surface area contributed by atoms with Crippen LogP contribution in [0.1, 0.15) is 15.9 Å². The van der Waals surface area contributed by atoms with E-state index in [-0.39, 0.29) is 12.1 Å². The highest BCUT2D eigenvalue weighted by molar-refractivity contribution is 5.97. The van der Waals surface area contributed by atoms with Crippen LogP contribution in [-0.4, -0.2) is 35.1 Å². The van der Waals surface area contributed by atoms with Crippen LogP contribution in [0.5, 0.6) is 5.75 Å². The number of amides is 1. The van der Waals surface area contributed by atoms with E-state index in [0.29, 0.717) is 16.9 Å². The second-order valence-electron chi connectivity index (χ2n) is 6.77. The number of nitrogens with one attached hydrogen (secondary N) is 1. The third kappa shape index (κ3) is 5.24. The Labute approximate surface area is 178 Å². The largest absolute Gasteiger partial charge is 0.496 e. The molecule has 0 fully saturated rings. The average molecular weight is 420 g/mol. The molecule has 2 N–H and O–H groups in total. The number of methoxy groups -OCH3 is 1.